The summed E-state index contributed by atoms with van der Waals surface area (Å²) in [5.41, 5.74) is 10.7. The fraction of sp³-hybridized carbons (Fsp3) is 0.263. The molecular formula is C19H22N3O4P. The molecular weight excluding hydrogens is 365 g/mol. The van der Waals surface area contributed by atoms with Gasteiger partial charge in [-0.05, 0) is 18.2 Å². The molecule has 2 aromatic rings. The quantitative estimate of drug-likeness (QED) is 0.215. The van der Waals surface area contributed by atoms with Crippen LogP contribution in [0, 0.1) is 0 Å². The SMILES string of the molecule is COP(=O)(OC)C(=[N+]=[N-])C(=O)c1ccccc1CN(C)Cc1ccccc1. The average Bonchev–Trinajstić information content (AvgIpc) is 2.69. The van der Waals surface area contributed by atoms with E-state index >= 15 is 0 Å². The Balaban J connectivity index is 2.28. The molecule has 0 N–H and O–H groups in total. The predicted octanol–water partition coefficient (Wildman–Crippen LogP) is 3.62. The number of hydrogen-bond acceptors (Lipinski definition) is 5. The van der Waals surface area contributed by atoms with Gasteiger partial charge in [0.25, 0.3) is 5.78 Å². The Hall–Kier alpha value is -2.40. The Morgan fingerprint density at radius 2 is 1.63 bits per heavy atom. The second-order valence-corrected chi connectivity index (χ2v) is 8.08. The minimum atomic E-state index is -3.98. The summed E-state index contributed by atoms with van der Waals surface area (Å²) in [6.45, 7) is 1.17. The van der Waals surface area contributed by atoms with E-state index in [0.29, 0.717) is 18.7 Å². The third-order valence-corrected chi connectivity index (χ3v) is 5.81. The van der Waals surface area contributed by atoms with Gasteiger partial charge in [-0.15, -0.1) is 0 Å². The summed E-state index contributed by atoms with van der Waals surface area (Å²) in [5.74, 6) is -0.701. The van der Waals surface area contributed by atoms with Crippen molar-refractivity contribution in [2.45, 2.75) is 13.1 Å². The van der Waals surface area contributed by atoms with Crippen LogP contribution >= 0.6 is 7.60 Å². The summed E-state index contributed by atoms with van der Waals surface area (Å²) in [6.07, 6.45) is 0. The Morgan fingerprint density at radius 3 is 2.22 bits per heavy atom. The summed E-state index contributed by atoms with van der Waals surface area (Å²) in [4.78, 5) is 17.8. The van der Waals surface area contributed by atoms with Crippen molar-refractivity contribution in [2.24, 2.45) is 0 Å². The number of benzene rings is 2. The zero-order valence-electron chi connectivity index (χ0n) is 15.5. The lowest BCUT2D eigenvalue weighted by Crippen LogP contribution is -2.22. The predicted molar refractivity (Wildman–Crippen MR) is 103 cm³/mol. The van der Waals surface area contributed by atoms with Crippen molar-refractivity contribution in [1.82, 2.24) is 4.90 Å². The standard InChI is InChI=1S/C19H22N3O4P/c1-22(13-15-9-5-4-6-10-15)14-16-11-7-8-12-17(16)18(23)19(21-20)27(24,25-2)26-3/h4-12H,13-14H2,1-3H3. The molecule has 0 unspecified atom stereocenters. The van der Waals surface area contributed by atoms with Crippen LogP contribution in [0.1, 0.15) is 21.5 Å². The van der Waals surface area contributed by atoms with E-state index in [0.717, 1.165) is 19.8 Å². The van der Waals surface area contributed by atoms with E-state index in [1.165, 1.54) is 0 Å². The van der Waals surface area contributed by atoms with E-state index in [1.54, 1.807) is 18.2 Å². The highest BCUT2D eigenvalue weighted by Crippen LogP contribution is 2.48. The Kier molecular flexibility index (Phi) is 7.36. The molecule has 0 atom stereocenters. The number of nitrogens with zero attached hydrogens (tertiary/aromatic N) is 3. The first-order valence-corrected chi connectivity index (χ1v) is 9.78. The fourth-order valence-corrected chi connectivity index (χ4v) is 3.69. The maximum Gasteiger partial charge on any atom is 0.448 e. The van der Waals surface area contributed by atoms with E-state index in [-0.39, 0.29) is 5.56 Å². The van der Waals surface area contributed by atoms with Gasteiger partial charge < -0.3 is 14.6 Å². The zero-order chi connectivity index (χ0) is 19.9. The third kappa shape index (κ3) is 5.07. The molecule has 0 saturated heterocycles. The van der Waals surface area contributed by atoms with Crippen LogP contribution in [0.2, 0.25) is 0 Å². The van der Waals surface area contributed by atoms with Crippen LogP contribution in [0.25, 0.3) is 5.53 Å². The fourth-order valence-electron chi connectivity index (χ4n) is 2.71. The van der Waals surface area contributed by atoms with E-state index < -0.39 is 18.8 Å². The maximum absolute atomic E-state index is 12.9. The van der Waals surface area contributed by atoms with Crippen LogP contribution in [-0.2, 0) is 26.7 Å². The number of hydrogen-bond donors (Lipinski definition) is 0. The smallest absolute Gasteiger partial charge is 0.360 e. The summed E-state index contributed by atoms with van der Waals surface area (Å²) in [5, 5.41) is 0. The van der Waals surface area contributed by atoms with E-state index in [4.69, 9.17) is 9.05 Å². The van der Waals surface area contributed by atoms with Crippen LogP contribution in [0.15, 0.2) is 54.6 Å². The van der Waals surface area contributed by atoms with Gasteiger partial charge in [-0.2, -0.15) is 4.79 Å². The van der Waals surface area contributed by atoms with Crippen LogP contribution < -0.4 is 0 Å². The van der Waals surface area contributed by atoms with Crippen molar-refractivity contribution >= 4 is 18.8 Å². The lowest BCUT2D eigenvalue weighted by Gasteiger charge is -2.18. The van der Waals surface area contributed by atoms with E-state index in [2.05, 4.69) is 4.79 Å². The molecule has 27 heavy (non-hydrogen) atoms. The highest BCUT2D eigenvalue weighted by Gasteiger charge is 2.45. The largest absolute Gasteiger partial charge is 0.448 e. The lowest BCUT2D eigenvalue weighted by molar-refractivity contribution is -0.00426. The molecule has 0 heterocycles. The molecule has 142 valence electrons. The molecule has 0 saturated carbocycles. The molecule has 0 fully saturated rings. The van der Waals surface area contributed by atoms with Crippen molar-refractivity contribution in [1.29, 1.82) is 0 Å². The molecule has 2 aromatic carbocycles. The van der Waals surface area contributed by atoms with Gasteiger partial charge >= 0.3 is 13.0 Å². The van der Waals surface area contributed by atoms with E-state index in [9.17, 15) is 14.9 Å². The van der Waals surface area contributed by atoms with Crippen molar-refractivity contribution in [3.63, 3.8) is 0 Å². The van der Waals surface area contributed by atoms with Crippen LogP contribution in [0.5, 0.6) is 0 Å². The van der Waals surface area contributed by atoms with Gasteiger partial charge in [0.2, 0.25) is 0 Å². The zero-order valence-corrected chi connectivity index (χ0v) is 16.4. The van der Waals surface area contributed by atoms with Crippen molar-refractivity contribution < 1.29 is 23.2 Å². The number of carbonyl (C=O) groups is 1. The summed E-state index contributed by atoms with van der Waals surface area (Å²) in [6, 6.07) is 16.8. The highest BCUT2D eigenvalue weighted by molar-refractivity contribution is 7.75. The maximum atomic E-state index is 12.9. The van der Waals surface area contributed by atoms with Gasteiger partial charge in [0, 0.05) is 32.9 Å². The molecule has 0 aliphatic carbocycles. The monoisotopic (exact) mass is 387 g/mol. The Labute approximate surface area is 158 Å². The minimum absolute atomic E-state index is 0.277. The van der Waals surface area contributed by atoms with Crippen LogP contribution in [0.4, 0.5) is 0 Å². The second kappa shape index (κ2) is 9.51. The molecule has 0 spiro atoms. The van der Waals surface area contributed by atoms with Gasteiger partial charge in [-0.25, -0.2) is 4.57 Å². The Morgan fingerprint density at radius 1 is 1.04 bits per heavy atom. The van der Waals surface area contributed by atoms with Crippen molar-refractivity contribution in [3.8, 4) is 0 Å². The normalized spacial score (nSPS) is 11.3. The number of rotatable bonds is 9. The first-order chi connectivity index (χ1) is 12.9. The molecule has 0 aliphatic heterocycles. The first-order valence-electron chi connectivity index (χ1n) is 8.24. The van der Waals surface area contributed by atoms with Gasteiger partial charge in [-0.3, -0.25) is 9.69 Å². The lowest BCUT2D eigenvalue weighted by atomic mass is 10.0. The molecule has 7 nitrogen and oxygen atoms in total. The van der Waals surface area contributed by atoms with Gasteiger partial charge in [0.15, 0.2) is 0 Å². The third-order valence-electron chi connectivity index (χ3n) is 4.04. The van der Waals surface area contributed by atoms with E-state index in [1.807, 2.05) is 48.3 Å². The molecule has 0 bridgehead atoms. The summed E-state index contributed by atoms with van der Waals surface area (Å²) < 4.78 is 22.1. The van der Waals surface area contributed by atoms with Gasteiger partial charge in [0.1, 0.15) is 0 Å². The number of ketones is 1. The molecule has 0 amide bonds. The highest BCUT2D eigenvalue weighted by atomic mass is 31.2. The van der Waals surface area contributed by atoms with Gasteiger partial charge in [0.05, 0.1) is 0 Å². The van der Waals surface area contributed by atoms with Crippen molar-refractivity contribution in [3.05, 3.63) is 76.8 Å². The topological polar surface area (TPSA) is 92.2 Å². The molecule has 0 aliphatic rings. The average molecular weight is 387 g/mol. The molecule has 2 rings (SSSR count). The number of carbonyl (C=O) groups excluding carboxylic acids is 1. The summed E-state index contributed by atoms with van der Waals surface area (Å²) >= 11 is 0. The van der Waals surface area contributed by atoms with Crippen LogP contribution in [0.3, 0.4) is 0 Å². The number of Topliss-reactive ketones (excluding diaryl/α,β-unsaturated/α-hetero) is 1. The van der Waals surface area contributed by atoms with Crippen LogP contribution in [-0.4, -0.2) is 42.2 Å². The first kappa shape index (κ1) is 20.9. The molecule has 8 heteroatoms. The molecule has 0 radical (unpaired) electrons. The second-order valence-electron chi connectivity index (χ2n) is 5.93. The van der Waals surface area contributed by atoms with Gasteiger partial charge in [-0.1, -0.05) is 54.6 Å². The summed E-state index contributed by atoms with van der Waals surface area (Å²) in [7, 11) is 0.205. The van der Waals surface area contributed by atoms with Crippen molar-refractivity contribution in [2.75, 3.05) is 21.3 Å². The molecule has 0 aromatic heterocycles. The minimum Gasteiger partial charge on any atom is -0.360 e. The Bertz CT molecular complexity index is 887.